The molecule has 0 bridgehead atoms. The molecule has 6 rings (SSSR count). The van der Waals surface area contributed by atoms with E-state index in [1.807, 2.05) is 12.1 Å². The lowest BCUT2D eigenvalue weighted by molar-refractivity contribution is 0.124. The number of benzene rings is 4. The number of aromatic nitrogens is 4. The summed E-state index contributed by atoms with van der Waals surface area (Å²) in [6, 6.07) is 26.7. The van der Waals surface area contributed by atoms with Crippen molar-refractivity contribution in [3.05, 3.63) is 189 Å². The van der Waals surface area contributed by atoms with E-state index < -0.39 is 11.2 Å². The number of nitrogens with zero attached hydrogens (tertiary/aromatic N) is 4. The van der Waals surface area contributed by atoms with Crippen LogP contribution in [0.3, 0.4) is 0 Å². The van der Waals surface area contributed by atoms with Gasteiger partial charge in [-0.25, -0.2) is 24.3 Å². The number of hydrogen-bond acceptors (Lipinski definition) is 6. The first-order chi connectivity index (χ1) is 21.2. The quantitative estimate of drug-likeness (QED) is 0.194. The second-order valence-corrected chi connectivity index (χ2v) is 10.9. The minimum absolute atomic E-state index is 0.380. The molecule has 2 heterocycles. The fourth-order valence-corrected chi connectivity index (χ4v) is 5.49. The molecule has 6 aromatic rings. The first-order valence-corrected chi connectivity index (χ1v) is 14.4. The molecule has 4 aromatic carbocycles. The van der Waals surface area contributed by atoms with E-state index in [-0.39, 0.29) is 5.82 Å². The highest BCUT2D eigenvalue weighted by molar-refractivity contribution is 6.32. The van der Waals surface area contributed by atoms with E-state index in [1.54, 1.807) is 73.1 Å². The molecular formula is C34H24Cl3FN4O2. The van der Waals surface area contributed by atoms with Crippen LogP contribution in [0.15, 0.2) is 135 Å². The summed E-state index contributed by atoms with van der Waals surface area (Å²) in [6.07, 6.45) is 8.97. The standard InChI is InChI=1S/C17H12Cl2N2O.C17H12ClFN2O/c18-14-7-5-12(6-8-14)17(22,13-9-20-11-21-10-13)15-3-1-2-4-16(15)19;18-16-4-2-1-3-15(16)17(22,13-9-20-11-21-10-13)12-5-7-14(19)8-6-12/h2*1-11,22H. The maximum absolute atomic E-state index is 13.2. The van der Waals surface area contributed by atoms with Gasteiger partial charge in [0.2, 0.25) is 0 Å². The summed E-state index contributed by atoms with van der Waals surface area (Å²) >= 11 is 18.5. The maximum Gasteiger partial charge on any atom is 0.144 e. The number of aliphatic hydroxyl groups is 2. The lowest BCUT2D eigenvalue weighted by Crippen LogP contribution is -2.29. The van der Waals surface area contributed by atoms with Gasteiger partial charge < -0.3 is 10.2 Å². The predicted molar refractivity (Wildman–Crippen MR) is 169 cm³/mol. The predicted octanol–water partition coefficient (Wildman–Crippen LogP) is 7.62. The smallest absolute Gasteiger partial charge is 0.144 e. The van der Waals surface area contributed by atoms with Gasteiger partial charge in [-0.15, -0.1) is 0 Å². The van der Waals surface area contributed by atoms with Gasteiger partial charge in [0.15, 0.2) is 0 Å². The van der Waals surface area contributed by atoms with Crippen LogP contribution in [0.4, 0.5) is 4.39 Å². The van der Waals surface area contributed by atoms with Gasteiger partial charge in [-0.2, -0.15) is 0 Å². The molecule has 0 saturated carbocycles. The molecule has 0 radical (unpaired) electrons. The van der Waals surface area contributed by atoms with Crippen LogP contribution in [0.25, 0.3) is 0 Å². The van der Waals surface area contributed by atoms with Crippen LogP contribution >= 0.6 is 34.8 Å². The van der Waals surface area contributed by atoms with E-state index in [0.717, 1.165) is 0 Å². The van der Waals surface area contributed by atoms with Crippen molar-refractivity contribution < 1.29 is 14.6 Å². The van der Waals surface area contributed by atoms with Crippen LogP contribution in [0.2, 0.25) is 15.1 Å². The molecule has 0 saturated heterocycles. The molecule has 2 aromatic heterocycles. The largest absolute Gasteiger partial charge is 0.376 e. The summed E-state index contributed by atoms with van der Waals surface area (Å²) in [7, 11) is 0. The van der Waals surface area contributed by atoms with E-state index in [2.05, 4.69) is 19.9 Å². The zero-order chi connectivity index (χ0) is 31.2. The summed E-state index contributed by atoms with van der Waals surface area (Å²) in [5.41, 5.74) is 0.140. The Morgan fingerprint density at radius 2 is 0.841 bits per heavy atom. The molecule has 44 heavy (non-hydrogen) atoms. The highest BCUT2D eigenvalue weighted by Crippen LogP contribution is 2.40. The van der Waals surface area contributed by atoms with Crippen LogP contribution in [-0.2, 0) is 11.2 Å². The molecule has 0 amide bonds. The third kappa shape index (κ3) is 6.33. The van der Waals surface area contributed by atoms with Gasteiger partial charge in [-0.3, -0.25) is 0 Å². The Bertz CT molecular complexity index is 1700. The third-order valence-electron chi connectivity index (χ3n) is 7.01. The van der Waals surface area contributed by atoms with Crippen LogP contribution < -0.4 is 0 Å². The van der Waals surface area contributed by atoms with E-state index in [0.29, 0.717) is 48.4 Å². The monoisotopic (exact) mass is 644 g/mol. The van der Waals surface area contributed by atoms with Crippen molar-refractivity contribution in [3.63, 3.8) is 0 Å². The second-order valence-electron chi connectivity index (χ2n) is 9.65. The summed E-state index contributed by atoms with van der Waals surface area (Å²) in [6.45, 7) is 0. The molecule has 0 aliphatic carbocycles. The van der Waals surface area contributed by atoms with Crippen molar-refractivity contribution in [1.29, 1.82) is 0 Å². The summed E-state index contributed by atoms with van der Waals surface area (Å²) < 4.78 is 13.2. The Hall–Kier alpha value is -4.24. The SMILES string of the molecule is OC(c1ccc(Cl)cc1)(c1cncnc1)c1ccccc1Cl.OC(c1ccc(F)cc1)(c1cncnc1)c1ccccc1Cl. The van der Waals surface area contributed by atoms with E-state index >= 15 is 0 Å². The highest BCUT2D eigenvalue weighted by atomic mass is 35.5. The second kappa shape index (κ2) is 13.6. The highest BCUT2D eigenvalue weighted by Gasteiger charge is 2.37. The minimum Gasteiger partial charge on any atom is -0.376 e. The van der Waals surface area contributed by atoms with Crippen LogP contribution in [0, 0.1) is 5.82 Å². The lowest BCUT2D eigenvalue weighted by Gasteiger charge is -2.30. The molecule has 2 atom stereocenters. The van der Waals surface area contributed by atoms with Crippen molar-refractivity contribution in [1.82, 2.24) is 19.9 Å². The fourth-order valence-electron chi connectivity index (χ4n) is 4.82. The molecule has 0 aliphatic heterocycles. The third-order valence-corrected chi connectivity index (χ3v) is 7.92. The number of rotatable bonds is 6. The summed E-state index contributed by atoms with van der Waals surface area (Å²) in [4.78, 5) is 15.9. The molecular weight excluding hydrogens is 622 g/mol. The normalized spacial score (nSPS) is 13.6. The van der Waals surface area contributed by atoms with E-state index in [4.69, 9.17) is 34.8 Å². The Kier molecular flexibility index (Phi) is 9.64. The Balaban J connectivity index is 0.000000175. The van der Waals surface area contributed by atoms with Crippen LogP contribution in [0.5, 0.6) is 0 Å². The van der Waals surface area contributed by atoms with Gasteiger partial charge in [-0.05, 0) is 47.5 Å². The zero-order valence-electron chi connectivity index (χ0n) is 22.9. The Morgan fingerprint density at radius 3 is 1.23 bits per heavy atom. The lowest BCUT2D eigenvalue weighted by atomic mass is 9.81. The molecule has 2 N–H and O–H groups in total. The first kappa shape index (κ1) is 31.2. The molecule has 10 heteroatoms. The van der Waals surface area contributed by atoms with Crippen molar-refractivity contribution >= 4 is 34.8 Å². The summed E-state index contributed by atoms with van der Waals surface area (Å²) in [5, 5.41) is 24.4. The van der Waals surface area contributed by atoms with Gasteiger partial charge in [0.1, 0.15) is 29.7 Å². The first-order valence-electron chi connectivity index (χ1n) is 13.2. The van der Waals surface area contributed by atoms with Gasteiger partial charge in [0.25, 0.3) is 0 Å². The number of hydrogen-bond donors (Lipinski definition) is 2. The fraction of sp³-hybridized carbons (Fsp3) is 0.0588. The Labute approximate surface area is 268 Å². The molecule has 220 valence electrons. The van der Waals surface area contributed by atoms with Crippen LogP contribution in [0.1, 0.15) is 33.4 Å². The summed E-state index contributed by atoms with van der Waals surface area (Å²) in [5.74, 6) is -0.380. The molecule has 2 unspecified atom stereocenters. The van der Waals surface area contributed by atoms with Gasteiger partial charge >= 0.3 is 0 Å². The zero-order valence-corrected chi connectivity index (χ0v) is 25.2. The van der Waals surface area contributed by atoms with Crippen LogP contribution in [-0.4, -0.2) is 30.1 Å². The van der Waals surface area contributed by atoms with Gasteiger partial charge in [0, 0.05) is 62.1 Å². The Morgan fingerprint density at radius 1 is 0.477 bits per heavy atom. The molecule has 0 aliphatic rings. The topological polar surface area (TPSA) is 92.0 Å². The van der Waals surface area contributed by atoms with Crippen molar-refractivity contribution in [2.75, 3.05) is 0 Å². The van der Waals surface area contributed by atoms with Gasteiger partial charge in [0.05, 0.1) is 0 Å². The van der Waals surface area contributed by atoms with E-state index in [1.165, 1.54) is 49.3 Å². The van der Waals surface area contributed by atoms with Gasteiger partial charge in [-0.1, -0.05) is 95.5 Å². The van der Waals surface area contributed by atoms with E-state index in [9.17, 15) is 14.6 Å². The average molecular weight is 646 g/mol. The van der Waals surface area contributed by atoms with Crippen molar-refractivity contribution in [3.8, 4) is 0 Å². The molecule has 0 fully saturated rings. The van der Waals surface area contributed by atoms with Crippen molar-refractivity contribution in [2.45, 2.75) is 11.2 Å². The van der Waals surface area contributed by atoms with Crippen molar-refractivity contribution in [2.24, 2.45) is 0 Å². The minimum atomic E-state index is -1.56. The molecule has 6 nitrogen and oxygen atoms in total. The number of halogens is 4. The maximum atomic E-state index is 13.2. The molecule has 0 spiro atoms. The average Bonchev–Trinajstić information content (AvgIpc) is 3.06.